The summed E-state index contributed by atoms with van der Waals surface area (Å²) in [5.74, 6) is 2.64. The fraction of sp³-hybridized carbons (Fsp3) is 0.156. The Balaban J connectivity index is 1.19. The number of rotatable bonds is 7. The second-order valence-corrected chi connectivity index (χ2v) is 20.5. The molecule has 0 bridgehead atoms. The highest BCUT2D eigenvalue weighted by Crippen LogP contribution is 2.50. The molecule has 1 aliphatic heterocycles. The zero-order valence-corrected chi connectivity index (χ0v) is 41.0. The Hall–Kier alpha value is -7.97. The minimum absolute atomic E-state index is 0.0669. The maximum Gasteiger partial charge on any atom is 0.416 e. The molecule has 0 saturated heterocycles. The fourth-order valence-electron chi connectivity index (χ4n) is 12.1. The number of para-hydroxylation sites is 5. The van der Waals surface area contributed by atoms with E-state index in [4.69, 9.17) is 4.74 Å². The van der Waals surface area contributed by atoms with E-state index in [0.717, 1.165) is 99.2 Å². The Morgan fingerprint density at radius 1 is 0.417 bits per heavy atom. The first-order chi connectivity index (χ1) is 34.9. The molecule has 12 aromatic rings. The third-order valence-corrected chi connectivity index (χ3v) is 15.3. The maximum atomic E-state index is 14.2. The number of halogens is 3. The van der Waals surface area contributed by atoms with Gasteiger partial charge in [0.1, 0.15) is 11.5 Å². The number of hydrogen-bond donors (Lipinski definition) is 0. The van der Waals surface area contributed by atoms with Crippen molar-refractivity contribution < 1.29 is 17.9 Å². The summed E-state index contributed by atoms with van der Waals surface area (Å²) in [5, 5.41) is 6.24. The standard InChI is InChI=1S/C64H51BF3N3O/c1-37(2)40-34-48(38(3)4)60(49(35-40)39(5)6)65-50-23-13-17-27-55(50)72-56-36-44(32-33-51(56)65)71-54-26-16-12-22-47(54)59-62-57(46-21-11-15-25-53(46)70(62)43-30-28-41(29-31-43)64(66,67)68)61-58(63(59)71)45-20-10-14-24-52(45)69(61)42-18-8-7-9-19-42/h7-39H,1-6H3. The van der Waals surface area contributed by atoms with E-state index in [2.05, 4.69) is 201 Å². The molecule has 0 radical (unpaired) electrons. The summed E-state index contributed by atoms with van der Waals surface area (Å²) < 4.78 is 56.6. The SMILES string of the molecule is CC(C)c1cc(C(C)C)c(B2c3ccccc3Oc3cc(-n4c5ccccc5c5c6c(c7ccccc7n6-c6ccc(C(F)(F)F)cc6)c6c(c7ccccc7n6-c6ccccc6)c54)ccc32)c(C(C)C)c1. The van der Waals surface area contributed by atoms with Crippen molar-refractivity contribution >= 4 is 88.5 Å². The fourth-order valence-corrected chi connectivity index (χ4v) is 12.1. The Bertz CT molecular complexity index is 4130. The van der Waals surface area contributed by atoms with Crippen LogP contribution in [0.5, 0.6) is 11.5 Å². The van der Waals surface area contributed by atoms with Gasteiger partial charge in [0, 0.05) is 55.4 Å². The molecule has 0 aliphatic carbocycles. The van der Waals surface area contributed by atoms with Crippen LogP contribution >= 0.6 is 0 Å². The van der Waals surface area contributed by atoms with Crippen molar-refractivity contribution in [3.63, 3.8) is 0 Å². The van der Waals surface area contributed by atoms with E-state index in [1.807, 2.05) is 12.1 Å². The van der Waals surface area contributed by atoms with Gasteiger partial charge >= 0.3 is 6.18 Å². The normalized spacial score (nSPS) is 13.0. The van der Waals surface area contributed by atoms with Gasteiger partial charge in [0.05, 0.1) is 38.7 Å². The van der Waals surface area contributed by atoms with E-state index in [1.165, 1.54) is 34.3 Å². The highest BCUT2D eigenvalue weighted by molar-refractivity contribution is 6.97. The van der Waals surface area contributed by atoms with E-state index < -0.39 is 11.7 Å². The van der Waals surface area contributed by atoms with Crippen LogP contribution in [0.3, 0.4) is 0 Å². The molecule has 0 N–H and O–H groups in total. The van der Waals surface area contributed by atoms with Crippen LogP contribution in [0.25, 0.3) is 82.5 Å². The molecule has 9 aromatic carbocycles. The molecule has 352 valence electrons. The van der Waals surface area contributed by atoms with E-state index >= 15 is 0 Å². The summed E-state index contributed by atoms with van der Waals surface area (Å²) in [6.07, 6.45) is -4.48. The number of fused-ring (bicyclic) bond motifs is 14. The predicted molar refractivity (Wildman–Crippen MR) is 294 cm³/mol. The van der Waals surface area contributed by atoms with Crippen molar-refractivity contribution in [3.8, 4) is 28.6 Å². The molecule has 0 fully saturated rings. The molecule has 4 heterocycles. The van der Waals surface area contributed by atoms with Gasteiger partial charge in [0.25, 0.3) is 6.71 Å². The maximum absolute atomic E-state index is 14.2. The summed E-state index contributed by atoms with van der Waals surface area (Å²) >= 11 is 0. The van der Waals surface area contributed by atoms with Gasteiger partial charge in [-0.3, -0.25) is 0 Å². The highest BCUT2D eigenvalue weighted by atomic mass is 19.4. The second-order valence-electron chi connectivity index (χ2n) is 20.5. The first kappa shape index (κ1) is 44.0. The highest BCUT2D eigenvalue weighted by Gasteiger charge is 2.38. The Morgan fingerprint density at radius 2 is 0.847 bits per heavy atom. The lowest BCUT2D eigenvalue weighted by atomic mass is 9.34. The molecule has 3 aromatic heterocycles. The summed E-state index contributed by atoms with van der Waals surface area (Å²) in [4.78, 5) is 0. The van der Waals surface area contributed by atoms with Gasteiger partial charge in [-0.15, -0.1) is 0 Å². The summed E-state index contributed by atoms with van der Waals surface area (Å²) in [5.41, 5.74) is 15.5. The van der Waals surface area contributed by atoms with E-state index in [0.29, 0.717) is 23.4 Å². The van der Waals surface area contributed by atoms with Gasteiger partial charge < -0.3 is 18.4 Å². The molecule has 4 nitrogen and oxygen atoms in total. The van der Waals surface area contributed by atoms with Crippen LogP contribution in [0, 0.1) is 0 Å². The van der Waals surface area contributed by atoms with E-state index in [9.17, 15) is 13.2 Å². The van der Waals surface area contributed by atoms with Crippen LogP contribution in [0.4, 0.5) is 13.2 Å². The first-order valence-corrected chi connectivity index (χ1v) is 25.1. The molecule has 1 aliphatic rings. The summed E-state index contributed by atoms with van der Waals surface area (Å²) in [6.45, 7) is 13.8. The molecular formula is C64H51BF3N3O. The van der Waals surface area contributed by atoms with Crippen molar-refractivity contribution in [2.75, 3.05) is 0 Å². The monoisotopic (exact) mass is 945 g/mol. The topological polar surface area (TPSA) is 24.0 Å². The van der Waals surface area contributed by atoms with E-state index in [1.54, 1.807) is 12.1 Å². The van der Waals surface area contributed by atoms with Gasteiger partial charge in [-0.05, 0) is 112 Å². The molecule has 72 heavy (non-hydrogen) atoms. The number of nitrogens with zero attached hydrogens (tertiary/aromatic N) is 3. The van der Waals surface area contributed by atoms with Gasteiger partial charge in [0.2, 0.25) is 0 Å². The molecule has 0 amide bonds. The summed E-state index contributed by atoms with van der Waals surface area (Å²) in [7, 11) is 0. The van der Waals surface area contributed by atoms with Crippen molar-refractivity contribution in [3.05, 3.63) is 204 Å². The van der Waals surface area contributed by atoms with Crippen LogP contribution in [0.15, 0.2) is 182 Å². The zero-order chi connectivity index (χ0) is 49.3. The van der Waals surface area contributed by atoms with E-state index in [-0.39, 0.29) is 6.71 Å². The smallest absolute Gasteiger partial charge is 0.416 e. The van der Waals surface area contributed by atoms with Gasteiger partial charge in [-0.25, -0.2) is 0 Å². The number of benzene rings is 9. The predicted octanol–water partition coefficient (Wildman–Crippen LogP) is 16.0. The van der Waals surface area contributed by atoms with Crippen molar-refractivity contribution in [2.24, 2.45) is 0 Å². The van der Waals surface area contributed by atoms with Crippen molar-refractivity contribution in [1.29, 1.82) is 0 Å². The Morgan fingerprint density at radius 3 is 1.35 bits per heavy atom. The second kappa shape index (κ2) is 16.3. The van der Waals surface area contributed by atoms with Crippen molar-refractivity contribution in [2.45, 2.75) is 65.5 Å². The van der Waals surface area contributed by atoms with Crippen LogP contribution in [-0.4, -0.2) is 20.4 Å². The lowest BCUT2D eigenvalue weighted by Crippen LogP contribution is -2.57. The van der Waals surface area contributed by atoms with Crippen LogP contribution in [0.1, 0.15) is 81.5 Å². The van der Waals surface area contributed by atoms with Crippen LogP contribution in [0.2, 0.25) is 0 Å². The number of ether oxygens (including phenoxy) is 1. The first-order valence-electron chi connectivity index (χ1n) is 25.1. The lowest BCUT2D eigenvalue weighted by Gasteiger charge is -2.32. The number of aromatic nitrogens is 3. The van der Waals surface area contributed by atoms with Gasteiger partial charge in [-0.2, -0.15) is 13.2 Å². The van der Waals surface area contributed by atoms with Crippen LogP contribution < -0.4 is 21.1 Å². The van der Waals surface area contributed by atoms with Gasteiger partial charge in [-0.1, -0.05) is 156 Å². The van der Waals surface area contributed by atoms with Crippen molar-refractivity contribution in [1.82, 2.24) is 13.7 Å². The minimum atomic E-state index is -4.48. The molecule has 0 spiro atoms. The average Bonchev–Trinajstić information content (AvgIpc) is 4.03. The Labute approximate surface area is 416 Å². The average molecular weight is 946 g/mol. The molecule has 0 unspecified atom stereocenters. The third kappa shape index (κ3) is 6.47. The molecule has 13 rings (SSSR count). The minimum Gasteiger partial charge on any atom is -0.458 e. The molecule has 8 heteroatoms. The molecule has 0 atom stereocenters. The lowest BCUT2D eigenvalue weighted by molar-refractivity contribution is -0.137. The summed E-state index contributed by atoms with van der Waals surface area (Å²) in [6, 6.07) is 61.7. The quantitative estimate of drug-likeness (QED) is 0.146. The third-order valence-electron chi connectivity index (χ3n) is 15.3. The zero-order valence-electron chi connectivity index (χ0n) is 41.0. The Kier molecular flexibility index (Phi) is 9.96. The molecular weight excluding hydrogens is 895 g/mol. The molecule has 0 saturated carbocycles. The largest absolute Gasteiger partial charge is 0.458 e. The van der Waals surface area contributed by atoms with Gasteiger partial charge in [0.15, 0.2) is 0 Å². The number of hydrogen-bond acceptors (Lipinski definition) is 1. The number of alkyl halides is 3. The van der Waals surface area contributed by atoms with Crippen LogP contribution in [-0.2, 0) is 6.18 Å².